The van der Waals surface area contributed by atoms with Crippen LogP contribution in [0.1, 0.15) is 45.4 Å². The van der Waals surface area contributed by atoms with E-state index in [4.69, 9.17) is 4.52 Å². The molecule has 0 bridgehead atoms. The lowest BCUT2D eigenvalue weighted by molar-refractivity contribution is -0.384. The third-order valence-corrected chi connectivity index (χ3v) is 4.37. The van der Waals surface area contributed by atoms with Gasteiger partial charge >= 0.3 is 0 Å². The molecule has 1 unspecified atom stereocenters. The highest BCUT2D eigenvalue weighted by molar-refractivity contribution is 5.71. The highest BCUT2D eigenvalue weighted by Crippen LogP contribution is 2.35. The first-order chi connectivity index (χ1) is 11.5. The quantitative estimate of drug-likeness (QED) is 0.622. The van der Waals surface area contributed by atoms with E-state index in [9.17, 15) is 10.1 Å². The van der Waals surface area contributed by atoms with Gasteiger partial charge in [-0.3, -0.25) is 10.1 Å². The van der Waals surface area contributed by atoms with Crippen molar-refractivity contribution in [3.63, 3.8) is 0 Å². The number of hydrogen-bond donors (Lipinski definition) is 0. The fraction of sp³-hybridized carbons (Fsp3) is 0.529. The lowest BCUT2D eigenvalue weighted by Gasteiger charge is -2.32. The van der Waals surface area contributed by atoms with Crippen molar-refractivity contribution in [2.75, 3.05) is 18.0 Å². The Morgan fingerprint density at radius 2 is 2.21 bits per heavy atom. The monoisotopic (exact) mass is 330 g/mol. The lowest BCUT2D eigenvalue weighted by atomic mass is 9.99. The topological polar surface area (TPSA) is 85.3 Å². The number of rotatable bonds is 4. The van der Waals surface area contributed by atoms with E-state index in [0.717, 1.165) is 19.5 Å². The highest BCUT2D eigenvalue weighted by atomic mass is 16.6. The molecule has 1 aromatic carbocycles. The van der Waals surface area contributed by atoms with Gasteiger partial charge in [-0.05, 0) is 30.9 Å². The Hall–Kier alpha value is -2.44. The maximum Gasteiger partial charge on any atom is 0.293 e. The summed E-state index contributed by atoms with van der Waals surface area (Å²) in [6.07, 6.45) is 2.23. The predicted molar refractivity (Wildman–Crippen MR) is 91.1 cm³/mol. The molecule has 1 aliphatic rings. The second kappa shape index (κ2) is 6.59. The molecule has 0 saturated carbocycles. The largest absolute Gasteiger partial charge is 0.366 e. The van der Waals surface area contributed by atoms with E-state index in [1.54, 1.807) is 6.07 Å². The summed E-state index contributed by atoms with van der Waals surface area (Å²) >= 11 is 0. The smallest absolute Gasteiger partial charge is 0.293 e. The van der Waals surface area contributed by atoms with Crippen molar-refractivity contribution in [3.05, 3.63) is 34.1 Å². The minimum atomic E-state index is -0.335. The van der Waals surface area contributed by atoms with E-state index in [-0.39, 0.29) is 16.5 Å². The fourth-order valence-electron chi connectivity index (χ4n) is 3.06. The number of benzene rings is 1. The molecule has 7 nitrogen and oxygen atoms in total. The van der Waals surface area contributed by atoms with Crippen molar-refractivity contribution in [2.45, 2.75) is 39.5 Å². The molecular formula is C17H22N4O3. The van der Waals surface area contributed by atoms with E-state index in [2.05, 4.69) is 22.0 Å². The Balaban J connectivity index is 1.96. The minimum absolute atomic E-state index is 0.0888. The summed E-state index contributed by atoms with van der Waals surface area (Å²) in [7, 11) is 0. The maximum atomic E-state index is 11.6. The van der Waals surface area contributed by atoms with Crippen LogP contribution in [0.3, 0.4) is 0 Å². The first kappa shape index (κ1) is 16.4. The Labute approximate surface area is 140 Å². The summed E-state index contributed by atoms with van der Waals surface area (Å²) in [4.78, 5) is 17.6. The normalized spacial score (nSPS) is 18.2. The van der Waals surface area contributed by atoms with Crippen LogP contribution in [-0.4, -0.2) is 28.2 Å². The Bertz CT molecular complexity index is 741. The number of nitro benzene ring substituents is 1. The van der Waals surface area contributed by atoms with Crippen LogP contribution in [0.2, 0.25) is 0 Å². The molecule has 3 rings (SSSR count). The molecule has 0 spiro atoms. The van der Waals surface area contributed by atoms with Gasteiger partial charge in [-0.15, -0.1) is 0 Å². The van der Waals surface area contributed by atoms with Crippen LogP contribution in [0.25, 0.3) is 11.5 Å². The molecule has 24 heavy (non-hydrogen) atoms. The van der Waals surface area contributed by atoms with Crippen molar-refractivity contribution >= 4 is 11.4 Å². The van der Waals surface area contributed by atoms with Gasteiger partial charge in [0.2, 0.25) is 0 Å². The SMILES string of the molecule is CC1CCCN(c2ccc(-c3nc(C(C)C)no3)cc2[N+](=O)[O-])C1. The van der Waals surface area contributed by atoms with Crippen LogP contribution in [-0.2, 0) is 0 Å². The molecule has 1 fully saturated rings. The zero-order valence-electron chi connectivity index (χ0n) is 14.2. The minimum Gasteiger partial charge on any atom is -0.366 e. The fourth-order valence-corrected chi connectivity index (χ4v) is 3.06. The lowest BCUT2D eigenvalue weighted by Crippen LogP contribution is -2.34. The number of anilines is 1. The van der Waals surface area contributed by atoms with Gasteiger partial charge in [-0.25, -0.2) is 0 Å². The molecule has 1 aromatic heterocycles. The molecule has 7 heteroatoms. The van der Waals surface area contributed by atoms with Gasteiger partial charge in [0.05, 0.1) is 4.92 Å². The molecule has 1 aliphatic heterocycles. The summed E-state index contributed by atoms with van der Waals surface area (Å²) in [6, 6.07) is 5.15. The standard InChI is InChI=1S/C17H22N4O3/c1-11(2)16-18-17(24-19-16)13-6-7-14(15(9-13)21(22)23)20-8-4-5-12(3)10-20/h6-7,9,11-12H,4-5,8,10H2,1-3H3. The third-order valence-electron chi connectivity index (χ3n) is 4.37. The zero-order valence-corrected chi connectivity index (χ0v) is 14.2. The van der Waals surface area contributed by atoms with Crippen molar-refractivity contribution in [1.82, 2.24) is 10.1 Å². The van der Waals surface area contributed by atoms with Crippen LogP contribution in [0, 0.1) is 16.0 Å². The Morgan fingerprint density at radius 1 is 1.42 bits per heavy atom. The van der Waals surface area contributed by atoms with Crippen LogP contribution < -0.4 is 4.90 Å². The van der Waals surface area contributed by atoms with Crippen LogP contribution in [0.5, 0.6) is 0 Å². The number of nitro groups is 1. The first-order valence-corrected chi connectivity index (χ1v) is 8.33. The molecule has 0 aliphatic carbocycles. The van der Waals surface area contributed by atoms with Gasteiger partial charge in [-0.2, -0.15) is 4.98 Å². The van der Waals surface area contributed by atoms with E-state index in [0.29, 0.717) is 28.9 Å². The van der Waals surface area contributed by atoms with Gasteiger partial charge in [-0.1, -0.05) is 25.9 Å². The van der Waals surface area contributed by atoms with Crippen LogP contribution >= 0.6 is 0 Å². The van der Waals surface area contributed by atoms with Gasteiger partial charge < -0.3 is 9.42 Å². The Kier molecular flexibility index (Phi) is 4.51. The molecule has 1 saturated heterocycles. The molecular weight excluding hydrogens is 308 g/mol. The van der Waals surface area contributed by atoms with Crippen molar-refractivity contribution in [1.29, 1.82) is 0 Å². The van der Waals surface area contributed by atoms with Crippen molar-refractivity contribution in [3.8, 4) is 11.5 Å². The average Bonchev–Trinajstić information content (AvgIpc) is 3.04. The van der Waals surface area contributed by atoms with E-state index in [1.807, 2.05) is 19.9 Å². The Morgan fingerprint density at radius 3 is 2.83 bits per heavy atom. The average molecular weight is 330 g/mol. The summed E-state index contributed by atoms with van der Waals surface area (Å²) < 4.78 is 5.25. The number of nitrogens with zero attached hydrogens (tertiary/aromatic N) is 4. The van der Waals surface area contributed by atoms with Gasteiger partial charge in [0.15, 0.2) is 5.82 Å². The predicted octanol–water partition coefficient (Wildman–Crippen LogP) is 4.00. The maximum absolute atomic E-state index is 11.6. The van der Waals surface area contributed by atoms with Crippen molar-refractivity contribution in [2.24, 2.45) is 5.92 Å². The number of piperidine rings is 1. The molecule has 0 amide bonds. The number of aromatic nitrogens is 2. The highest BCUT2D eigenvalue weighted by Gasteiger charge is 2.25. The van der Waals surface area contributed by atoms with Crippen LogP contribution in [0.4, 0.5) is 11.4 Å². The van der Waals surface area contributed by atoms with Gasteiger partial charge in [0, 0.05) is 30.6 Å². The molecule has 0 radical (unpaired) electrons. The zero-order chi connectivity index (χ0) is 17.3. The first-order valence-electron chi connectivity index (χ1n) is 8.33. The van der Waals surface area contributed by atoms with E-state index >= 15 is 0 Å². The number of hydrogen-bond acceptors (Lipinski definition) is 6. The van der Waals surface area contributed by atoms with E-state index < -0.39 is 0 Å². The summed E-state index contributed by atoms with van der Waals surface area (Å²) in [6.45, 7) is 7.81. The van der Waals surface area contributed by atoms with E-state index in [1.165, 1.54) is 12.5 Å². The molecule has 0 N–H and O–H groups in total. The van der Waals surface area contributed by atoms with Gasteiger partial charge in [0.25, 0.3) is 11.6 Å². The molecule has 1 atom stereocenters. The van der Waals surface area contributed by atoms with Crippen molar-refractivity contribution < 1.29 is 9.45 Å². The van der Waals surface area contributed by atoms with Crippen LogP contribution in [0.15, 0.2) is 22.7 Å². The molecule has 128 valence electrons. The molecule has 2 heterocycles. The summed E-state index contributed by atoms with van der Waals surface area (Å²) in [5.41, 5.74) is 1.33. The third kappa shape index (κ3) is 3.25. The van der Waals surface area contributed by atoms with Gasteiger partial charge in [0.1, 0.15) is 5.69 Å². The second-order valence-electron chi connectivity index (χ2n) is 6.77. The molecule has 2 aromatic rings. The second-order valence-corrected chi connectivity index (χ2v) is 6.77. The summed E-state index contributed by atoms with van der Waals surface area (Å²) in [5, 5.41) is 15.5. The summed E-state index contributed by atoms with van der Waals surface area (Å²) in [5.74, 6) is 1.61.